The molecule has 1 aliphatic carbocycles. The number of alkyl halides is 3. The minimum absolute atomic E-state index is 0.102. The molecular formula is C18H24F3N5O4. The van der Waals surface area contributed by atoms with Gasteiger partial charge in [0.1, 0.15) is 0 Å². The van der Waals surface area contributed by atoms with E-state index in [0.29, 0.717) is 23.8 Å². The van der Waals surface area contributed by atoms with Gasteiger partial charge in [0.25, 0.3) is 0 Å². The maximum absolute atomic E-state index is 12.2. The van der Waals surface area contributed by atoms with Crippen LogP contribution < -0.4 is 10.6 Å². The third kappa shape index (κ3) is 6.18. The second-order valence-corrected chi connectivity index (χ2v) is 7.51. The molecule has 0 radical (unpaired) electrons. The van der Waals surface area contributed by atoms with Crippen LogP contribution in [0.5, 0.6) is 0 Å². The largest absolute Gasteiger partial charge is 0.490 e. The van der Waals surface area contributed by atoms with Crippen LogP contribution >= 0.6 is 0 Å². The molecule has 30 heavy (non-hydrogen) atoms. The van der Waals surface area contributed by atoms with Gasteiger partial charge in [-0.3, -0.25) is 0 Å². The lowest BCUT2D eigenvalue weighted by Gasteiger charge is -2.35. The predicted octanol–water partition coefficient (Wildman–Crippen LogP) is 1.73. The summed E-state index contributed by atoms with van der Waals surface area (Å²) in [6.45, 7) is 3.09. The van der Waals surface area contributed by atoms with Gasteiger partial charge in [-0.25, -0.2) is 19.6 Å². The molecule has 166 valence electrons. The van der Waals surface area contributed by atoms with E-state index in [4.69, 9.17) is 14.6 Å². The maximum atomic E-state index is 12.2. The van der Waals surface area contributed by atoms with Crippen molar-refractivity contribution in [1.29, 1.82) is 0 Å². The zero-order valence-electron chi connectivity index (χ0n) is 16.1. The van der Waals surface area contributed by atoms with Gasteiger partial charge in [-0.15, -0.1) is 0 Å². The number of hydrogen-bond acceptors (Lipinski definition) is 6. The third-order valence-corrected chi connectivity index (χ3v) is 5.26. The Morgan fingerprint density at radius 1 is 1.23 bits per heavy atom. The molecule has 3 fully saturated rings. The average Bonchev–Trinajstić information content (AvgIpc) is 3.43. The predicted molar refractivity (Wildman–Crippen MR) is 98.7 cm³/mol. The summed E-state index contributed by atoms with van der Waals surface area (Å²) in [5, 5.41) is 13.5. The summed E-state index contributed by atoms with van der Waals surface area (Å²) in [5.74, 6) is -1.17. The Bertz CT molecular complexity index is 732. The summed E-state index contributed by atoms with van der Waals surface area (Å²) in [6.07, 6.45) is 1.81. The third-order valence-electron chi connectivity index (χ3n) is 5.26. The fraction of sp³-hybridized carbons (Fsp3) is 0.667. The van der Waals surface area contributed by atoms with Gasteiger partial charge in [-0.1, -0.05) is 0 Å². The Balaban J connectivity index is 0.000000318. The number of carbonyl (C=O) groups is 2. The van der Waals surface area contributed by atoms with Gasteiger partial charge < -0.3 is 25.4 Å². The Morgan fingerprint density at radius 2 is 1.90 bits per heavy atom. The van der Waals surface area contributed by atoms with Crippen molar-refractivity contribution in [1.82, 2.24) is 20.2 Å². The number of piperidine rings is 1. The van der Waals surface area contributed by atoms with Crippen LogP contribution in [0.2, 0.25) is 0 Å². The summed E-state index contributed by atoms with van der Waals surface area (Å²) in [4.78, 5) is 31.4. The normalized spacial score (nSPS) is 25.6. The van der Waals surface area contributed by atoms with Crippen molar-refractivity contribution in [2.24, 2.45) is 11.8 Å². The van der Waals surface area contributed by atoms with Gasteiger partial charge in [-0.2, -0.15) is 13.2 Å². The molecule has 1 aromatic heterocycles. The van der Waals surface area contributed by atoms with E-state index in [1.807, 2.05) is 4.90 Å². The zero-order chi connectivity index (χ0) is 21.7. The first-order valence-corrected chi connectivity index (χ1v) is 9.72. The van der Waals surface area contributed by atoms with Gasteiger partial charge in [0.15, 0.2) is 0 Å². The molecule has 1 aromatic rings. The van der Waals surface area contributed by atoms with Crippen LogP contribution in [0.3, 0.4) is 0 Å². The second kappa shape index (κ2) is 9.45. The fourth-order valence-corrected chi connectivity index (χ4v) is 3.56. The van der Waals surface area contributed by atoms with E-state index in [0.717, 1.165) is 45.5 Å². The van der Waals surface area contributed by atoms with Crippen molar-refractivity contribution in [3.63, 3.8) is 0 Å². The van der Waals surface area contributed by atoms with Crippen LogP contribution in [0, 0.1) is 11.8 Å². The van der Waals surface area contributed by atoms with Gasteiger partial charge in [0.05, 0.1) is 12.7 Å². The molecule has 2 aliphatic heterocycles. The number of urea groups is 1. The average molecular weight is 431 g/mol. The number of carbonyl (C=O) groups excluding carboxylic acids is 1. The summed E-state index contributed by atoms with van der Waals surface area (Å²) < 4.78 is 37.7. The van der Waals surface area contributed by atoms with Crippen LogP contribution in [0.25, 0.3) is 0 Å². The fourth-order valence-electron chi connectivity index (χ4n) is 3.56. The minimum atomic E-state index is -5.08. The van der Waals surface area contributed by atoms with Gasteiger partial charge in [0, 0.05) is 44.0 Å². The number of aromatic nitrogens is 2. The van der Waals surface area contributed by atoms with Crippen LogP contribution in [0.1, 0.15) is 19.3 Å². The highest BCUT2D eigenvalue weighted by molar-refractivity contribution is 5.75. The van der Waals surface area contributed by atoms with E-state index >= 15 is 0 Å². The highest BCUT2D eigenvalue weighted by Gasteiger charge is 2.42. The molecule has 0 unspecified atom stereocenters. The molecule has 12 heteroatoms. The second-order valence-electron chi connectivity index (χ2n) is 7.51. The molecule has 0 aromatic carbocycles. The molecule has 3 N–H and O–H groups in total. The van der Waals surface area contributed by atoms with Crippen LogP contribution in [0.4, 0.5) is 23.9 Å². The van der Waals surface area contributed by atoms with Crippen molar-refractivity contribution in [2.45, 2.75) is 37.6 Å². The number of nitrogens with one attached hydrogen (secondary N) is 2. The van der Waals surface area contributed by atoms with E-state index in [2.05, 4.69) is 20.6 Å². The SMILES string of the molecule is O=C(NC1CC1)N1CC[C@H]2[C@H](CO[C@@H]2CNc2ncccn2)C1.O=C(O)C(F)(F)F. The van der Waals surface area contributed by atoms with Crippen molar-refractivity contribution in [2.75, 3.05) is 31.6 Å². The number of fused-ring (bicyclic) bond motifs is 1. The Hall–Kier alpha value is -2.63. The molecule has 3 heterocycles. The Morgan fingerprint density at radius 3 is 2.50 bits per heavy atom. The molecule has 0 bridgehead atoms. The molecule has 2 saturated heterocycles. The molecule has 9 nitrogen and oxygen atoms in total. The first-order chi connectivity index (χ1) is 14.2. The van der Waals surface area contributed by atoms with Gasteiger partial charge in [-0.05, 0) is 31.2 Å². The molecule has 3 aliphatic rings. The van der Waals surface area contributed by atoms with Crippen molar-refractivity contribution >= 4 is 17.9 Å². The highest BCUT2D eigenvalue weighted by atomic mass is 19.4. The molecular weight excluding hydrogens is 407 g/mol. The number of carboxylic acids is 1. The topological polar surface area (TPSA) is 117 Å². The molecule has 0 spiro atoms. The molecule has 3 atom stereocenters. The number of amides is 2. The summed E-state index contributed by atoms with van der Waals surface area (Å²) in [6, 6.07) is 2.32. The number of rotatable bonds is 4. The number of nitrogens with zero attached hydrogens (tertiary/aromatic N) is 3. The minimum Gasteiger partial charge on any atom is -0.475 e. The lowest BCUT2D eigenvalue weighted by atomic mass is 9.84. The molecule has 1 saturated carbocycles. The summed E-state index contributed by atoms with van der Waals surface area (Å²) in [7, 11) is 0. The number of halogens is 3. The van der Waals surface area contributed by atoms with Crippen molar-refractivity contribution in [3.8, 4) is 0 Å². The quantitative estimate of drug-likeness (QED) is 0.665. The number of anilines is 1. The molecule has 4 rings (SSSR count). The maximum Gasteiger partial charge on any atom is 0.490 e. The van der Waals surface area contributed by atoms with Crippen LogP contribution in [-0.4, -0.2) is 76.5 Å². The molecule has 2 amide bonds. The van der Waals surface area contributed by atoms with E-state index in [9.17, 15) is 18.0 Å². The van der Waals surface area contributed by atoms with Crippen LogP contribution in [-0.2, 0) is 9.53 Å². The first kappa shape index (κ1) is 22.1. The van der Waals surface area contributed by atoms with E-state index in [1.54, 1.807) is 18.5 Å². The highest BCUT2D eigenvalue weighted by Crippen LogP contribution is 2.34. The monoisotopic (exact) mass is 431 g/mol. The lowest BCUT2D eigenvalue weighted by Crippen LogP contribution is -2.49. The van der Waals surface area contributed by atoms with E-state index in [-0.39, 0.29) is 12.1 Å². The summed E-state index contributed by atoms with van der Waals surface area (Å²) >= 11 is 0. The Kier molecular flexibility index (Phi) is 6.95. The number of likely N-dealkylation sites (tertiary alicyclic amines) is 1. The van der Waals surface area contributed by atoms with Gasteiger partial charge in [0.2, 0.25) is 5.95 Å². The number of aliphatic carboxylic acids is 1. The lowest BCUT2D eigenvalue weighted by molar-refractivity contribution is -0.192. The van der Waals surface area contributed by atoms with Gasteiger partial charge >= 0.3 is 18.2 Å². The number of carboxylic acid groups (broad SMARTS) is 1. The van der Waals surface area contributed by atoms with Crippen molar-refractivity contribution in [3.05, 3.63) is 18.5 Å². The van der Waals surface area contributed by atoms with Crippen LogP contribution in [0.15, 0.2) is 18.5 Å². The Labute approximate surface area is 171 Å². The van der Waals surface area contributed by atoms with E-state index in [1.165, 1.54) is 0 Å². The number of hydrogen-bond donors (Lipinski definition) is 3. The summed E-state index contributed by atoms with van der Waals surface area (Å²) in [5.41, 5.74) is 0. The standard InChI is InChI=1S/C16H23N5O2.C2HF3O2/c22-16(20-12-2-3-12)21-7-4-13-11(9-21)10-23-14(13)8-19-15-17-5-1-6-18-15;3-2(4,5)1(6)7/h1,5-6,11-14H,2-4,7-10H2,(H,20,22)(H,17,18,19);(H,6,7)/t11-,13-,14+;/m0./s1. The zero-order valence-corrected chi connectivity index (χ0v) is 16.1. The first-order valence-electron chi connectivity index (χ1n) is 9.72. The smallest absolute Gasteiger partial charge is 0.475 e. The van der Waals surface area contributed by atoms with E-state index < -0.39 is 12.1 Å². The van der Waals surface area contributed by atoms with Crippen molar-refractivity contribution < 1.29 is 32.6 Å². The number of ether oxygens (including phenoxy) is 1.